The number of fused-ring (bicyclic) bond motifs is 1. The summed E-state index contributed by atoms with van der Waals surface area (Å²) in [5.74, 6) is 1.17. The van der Waals surface area contributed by atoms with Gasteiger partial charge in [-0.3, -0.25) is 9.89 Å². The van der Waals surface area contributed by atoms with Crippen molar-refractivity contribution in [2.75, 3.05) is 31.5 Å². The molecule has 0 bridgehead atoms. The topological polar surface area (TPSA) is 98.8 Å². The molecule has 5 rings (SSSR count). The van der Waals surface area contributed by atoms with Crippen LogP contribution in [0.4, 0.5) is 11.6 Å². The summed E-state index contributed by atoms with van der Waals surface area (Å²) in [4.78, 5) is 23.7. The Hall–Kier alpha value is -2.71. The SMILES string of the molecule is Cc1cc(Nc2nc(C(=O)N3CC4(CNC4)C3)nc3ccc(Cl)cc23)n[nH]1. The van der Waals surface area contributed by atoms with Crippen LogP contribution in [0.5, 0.6) is 0 Å². The number of likely N-dealkylation sites (tertiary alicyclic amines) is 1. The zero-order valence-electron chi connectivity index (χ0n) is 14.7. The number of amides is 1. The molecule has 2 aliphatic rings. The molecule has 3 aromatic rings. The molecule has 0 unspecified atom stereocenters. The van der Waals surface area contributed by atoms with E-state index in [4.69, 9.17) is 11.6 Å². The summed E-state index contributed by atoms with van der Waals surface area (Å²) >= 11 is 6.15. The highest BCUT2D eigenvalue weighted by molar-refractivity contribution is 6.31. The summed E-state index contributed by atoms with van der Waals surface area (Å²) in [6, 6.07) is 7.20. The summed E-state index contributed by atoms with van der Waals surface area (Å²) in [6.07, 6.45) is 0. The van der Waals surface area contributed by atoms with Crippen LogP contribution in [0.2, 0.25) is 5.02 Å². The number of halogens is 1. The molecular weight excluding hydrogens is 366 g/mol. The van der Waals surface area contributed by atoms with Crippen LogP contribution >= 0.6 is 11.6 Å². The van der Waals surface area contributed by atoms with Crippen LogP contribution in [-0.4, -0.2) is 57.2 Å². The number of carbonyl (C=O) groups is 1. The third-order valence-electron chi connectivity index (χ3n) is 5.14. The van der Waals surface area contributed by atoms with Crippen molar-refractivity contribution in [1.82, 2.24) is 30.4 Å². The molecule has 0 saturated carbocycles. The Morgan fingerprint density at radius 2 is 2.07 bits per heavy atom. The number of nitrogens with zero attached hydrogens (tertiary/aromatic N) is 4. The van der Waals surface area contributed by atoms with E-state index in [0.717, 1.165) is 37.3 Å². The van der Waals surface area contributed by atoms with Gasteiger partial charge in [0.1, 0.15) is 5.82 Å². The van der Waals surface area contributed by atoms with Gasteiger partial charge in [0.05, 0.1) is 5.52 Å². The van der Waals surface area contributed by atoms with Gasteiger partial charge in [-0.1, -0.05) is 11.6 Å². The van der Waals surface area contributed by atoms with E-state index < -0.39 is 0 Å². The molecule has 1 amide bonds. The zero-order valence-corrected chi connectivity index (χ0v) is 15.5. The molecule has 2 saturated heterocycles. The van der Waals surface area contributed by atoms with Gasteiger partial charge in [0.2, 0.25) is 5.82 Å². The first-order valence-corrected chi connectivity index (χ1v) is 9.16. The van der Waals surface area contributed by atoms with Crippen molar-refractivity contribution < 1.29 is 4.79 Å². The molecule has 27 heavy (non-hydrogen) atoms. The van der Waals surface area contributed by atoms with E-state index in [0.29, 0.717) is 22.2 Å². The van der Waals surface area contributed by atoms with Crippen molar-refractivity contribution in [2.24, 2.45) is 5.41 Å². The van der Waals surface area contributed by atoms with Gasteiger partial charge in [0, 0.05) is 53.8 Å². The molecular formula is C18H18ClN7O. The third kappa shape index (κ3) is 2.81. The molecule has 0 atom stereocenters. The maximum absolute atomic E-state index is 12.9. The fraction of sp³-hybridized carbons (Fsp3) is 0.333. The number of hydrogen-bond acceptors (Lipinski definition) is 6. The van der Waals surface area contributed by atoms with E-state index in [1.54, 1.807) is 23.1 Å². The van der Waals surface area contributed by atoms with Crippen LogP contribution in [0.15, 0.2) is 24.3 Å². The van der Waals surface area contributed by atoms with Gasteiger partial charge in [-0.25, -0.2) is 9.97 Å². The fourth-order valence-corrected chi connectivity index (χ4v) is 3.82. The summed E-state index contributed by atoms with van der Waals surface area (Å²) < 4.78 is 0. The van der Waals surface area contributed by atoms with E-state index in [1.807, 2.05) is 13.0 Å². The Labute approximate surface area is 160 Å². The van der Waals surface area contributed by atoms with Gasteiger partial charge < -0.3 is 15.5 Å². The molecule has 2 aliphatic heterocycles. The highest BCUT2D eigenvalue weighted by atomic mass is 35.5. The van der Waals surface area contributed by atoms with Crippen molar-refractivity contribution in [3.8, 4) is 0 Å². The summed E-state index contributed by atoms with van der Waals surface area (Å²) in [5, 5.41) is 14.8. The largest absolute Gasteiger partial charge is 0.334 e. The number of aryl methyl sites for hydroxylation is 1. The van der Waals surface area contributed by atoms with Gasteiger partial charge in [0.25, 0.3) is 5.91 Å². The van der Waals surface area contributed by atoms with Gasteiger partial charge in [-0.15, -0.1) is 0 Å². The molecule has 0 aliphatic carbocycles. The Bertz CT molecular complexity index is 1050. The van der Waals surface area contributed by atoms with Crippen LogP contribution < -0.4 is 10.6 Å². The van der Waals surface area contributed by atoms with E-state index in [1.165, 1.54) is 0 Å². The molecule has 1 aromatic carbocycles. The van der Waals surface area contributed by atoms with Crippen molar-refractivity contribution in [1.29, 1.82) is 0 Å². The quantitative estimate of drug-likeness (QED) is 0.640. The van der Waals surface area contributed by atoms with Crippen molar-refractivity contribution >= 4 is 40.0 Å². The normalized spacial score (nSPS) is 17.6. The number of anilines is 2. The lowest BCUT2D eigenvalue weighted by Crippen LogP contribution is -2.72. The minimum atomic E-state index is -0.148. The molecule has 8 nitrogen and oxygen atoms in total. The first kappa shape index (κ1) is 16.5. The average molecular weight is 384 g/mol. The molecule has 2 fully saturated rings. The minimum Gasteiger partial charge on any atom is -0.334 e. The maximum Gasteiger partial charge on any atom is 0.291 e. The summed E-state index contributed by atoms with van der Waals surface area (Å²) in [7, 11) is 0. The van der Waals surface area contributed by atoms with Crippen molar-refractivity contribution in [3.63, 3.8) is 0 Å². The molecule has 138 valence electrons. The summed E-state index contributed by atoms with van der Waals surface area (Å²) in [5.41, 5.74) is 1.84. The van der Waals surface area contributed by atoms with Crippen molar-refractivity contribution in [3.05, 3.63) is 40.8 Å². The molecule has 9 heteroatoms. The van der Waals surface area contributed by atoms with Gasteiger partial charge >= 0.3 is 0 Å². The Morgan fingerprint density at radius 3 is 2.74 bits per heavy atom. The Morgan fingerprint density at radius 1 is 1.26 bits per heavy atom. The minimum absolute atomic E-state index is 0.148. The average Bonchev–Trinajstić information content (AvgIpc) is 2.97. The number of benzene rings is 1. The molecule has 4 heterocycles. The first-order valence-electron chi connectivity index (χ1n) is 8.78. The zero-order chi connectivity index (χ0) is 18.6. The lowest BCUT2D eigenvalue weighted by molar-refractivity contribution is -0.0254. The monoisotopic (exact) mass is 383 g/mol. The molecule has 3 N–H and O–H groups in total. The number of aromatic amines is 1. The lowest BCUT2D eigenvalue weighted by atomic mass is 9.74. The second-order valence-electron chi connectivity index (χ2n) is 7.38. The molecule has 0 radical (unpaired) electrons. The Balaban J connectivity index is 1.51. The number of carbonyl (C=O) groups excluding carboxylic acids is 1. The number of aromatic nitrogens is 4. The third-order valence-corrected chi connectivity index (χ3v) is 5.38. The maximum atomic E-state index is 12.9. The van der Waals surface area contributed by atoms with Gasteiger partial charge in [0.15, 0.2) is 5.82 Å². The molecule has 1 spiro atoms. The smallest absolute Gasteiger partial charge is 0.291 e. The van der Waals surface area contributed by atoms with Crippen LogP contribution in [0.25, 0.3) is 10.9 Å². The van der Waals surface area contributed by atoms with Crippen LogP contribution in [0, 0.1) is 12.3 Å². The van der Waals surface area contributed by atoms with E-state index in [-0.39, 0.29) is 17.1 Å². The van der Waals surface area contributed by atoms with Crippen LogP contribution in [-0.2, 0) is 0 Å². The molecule has 2 aromatic heterocycles. The van der Waals surface area contributed by atoms with Crippen LogP contribution in [0.3, 0.4) is 0 Å². The second-order valence-corrected chi connectivity index (χ2v) is 7.82. The number of H-pyrrole nitrogens is 1. The van der Waals surface area contributed by atoms with Gasteiger partial charge in [-0.05, 0) is 25.1 Å². The lowest BCUT2D eigenvalue weighted by Gasteiger charge is -2.55. The predicted octanol–water partition coefficient (Wildman–Crippen LogP) is 2.10. The highest BCUT2D eigenvalue weighted by Gasteiger charge is 2.49. The predicted molar refractivity (Wildman–Crippen MR) is 102 cm³/mol. The second kappa shape index (κ2) is 5.90. The van der Waals surface area contributed by atoms with Crippen LogP contribution in [0.1, 0.15) is 16.3 Å². The standard InChI is InChI=1S/C18H18ClN7O/c1-10-4-14(25-24-10)22-15-12-5-11(19)2-3-13(12)21-16(23-15)17(27)26-8-18(9-26)6-20-7-18/h2-5,20H,6-9H2,1H3,(H2,21,22,23,24,25). The Kier molecular flexibility index (Phi) is 3.60. The van der Waals surface area contributed by atoms with E-state index in [9.17, 15) is 4.79 Å². The highest BCUT2D eigenvalue weighted by Crippen LogP contribution is 2.35. The number of nitrogens with one attached hydrogen (secondary N) is 3. The fourth-order valence-electron chi connectivity index (χ4n) is 3.65. The summed E-state index contributed by atoms with van der Waals surface area (Å²) in [6.45, 7) is 5.36. The number of hydrogen-bond donors (Lipinski definition) is 3. The van der Waals surface area contributed by atoms with E-state index in [2.05, 4.69) is 30.8 Å². The first-order chi connectivity index (χ1) is 13.0. The van der Waals surface area contributed by atoms with E-state index >= 15 is 0 Å². The van der Waals surface area contributed by atoms with Gasteiger partial charge in [-0.2, -0.15) is 5.10 Å². The number of rotatable bonds is 3. The van der Waals surface area contributed by atoms with Crippen molar-refractivity contribution in [2.45, 2.75) is 6.92 Å².